The van der Waals surface area contributed by atoms with Crippen molar-refractivity contribution in [2.75, 3.05) is 25.4 Å². The van der Waals surface area contributed by atoms with Gasteiger partial charge in [-0.2, -0.15) is 0 Å². The molecule has 0 aliphatic carbocycles. The van der Waals surface area contributed by atoms with E-state index in [1.54, 1.807) is 18.2 Å². The minimum atomic E-state index is -0.305. The van der Waals surface area contributed by atoms with Gasteiger partial charge in [0.1, 0.15) is 11.4 Å². The number of hydrogen-bond acceptors (Lipinski definition) is 5. The summed E-state index contributed by atoms with van der Waals surface area (Å²) < 4.78 is 0. The van der Waals surface area contributed by atoms with E-state index >= 15 is 0 Å². The van der Waals surface area contributed by atoms with Crippen molar-refractivity contribution in [2.45, 2.75) is 18.9 Å². The molecular formula is C24H24N6O2. The molecule has 8 heteroatoms. The molecule has 0 saturated carbocycles. The predicted molar refractivity (Wildman–Crippen MR) is 124 cm³/mol. The van der Waals surface area contributed by atoms with E-state index in [0.29, 0.717) is 45.1 Å². The zero-order chi connectivity index (χ0) is 21.8. The number of piperidine rings is 3. The van der Waals surface area contributed by atoms with Crippen LogP contribution in [0.5, 0.6) is 0 Å². The number of amides is 1. The van der Waals surface area contributed by atoms with E-state index in [-0.39, 0.29) is 17.5 Å². The van der Waals surface area contributed by atoms with Gasteiger partial charge in [-0.05, 0) is 56.1 Å². The minimum Gasteiger partial charge on any atom is -0.397 e. The summed E-state index contributed by atoms with van der Waals surface area (Å²) in [5.41, 5.74) is 9.33. The molecular weight excluding hydrogens is 404 g/mol. The average Bonchev–Trinajstić information content (AvgIpc) is 3.22. The summed E-state index contributed by atoms with van der Waals surface area (Å²) in [6, 6.07) is 13.0. The number of benzene rings is 2. The van der Waals surface area contributed by atoms with Crippen LogP contribution in [-0.2, 0) is 0 Å². The number of para-hydroxylation sites is 1. The number of carbonyl (C=O) groups is 1. The van der Waals surface area contributed by atoms with E-state index in [4.69, 9.17) is 5.73 Å². The van der Waals surface area contributed by atoms with Gasteiger partial charge in [0, 0.05) is 23.5 Å². The van der Waals surface area contributed by atoms with Gasteiger partial charge in [0.15, 0.2) is 0 Å². The van der Waals surface area contributed by atoms with Gasteiger partial charge >= 0.3 is 0 Å². The number of fused-ring (bicyclic) bond motifs is 5. The number of nitrogens with zero attached hydrogens (tertiary/aromatic N) is 2. The number of hydrogen-bond donors (Lipinski definition) is 4. The van der Waals surface area contributed by atoms with Crippen molar-refractivity contribution in [3.05, 3.63) is 58.4 Å². The van der Waals surface area contributed by atoms with Crippen LogP contribution in [-0.4, -0.2) is 51.4 Å². The number of H-pyrrole nitrogens is 2. The number of pyridine rings is 1. The second kappa shape index (κ2) is 7.20. The number of rotatable bonds is 3. The second-order valence-corrected chi connectivity index (χ2v) is 8.82. The molecule has 0 unspecified atom stereocenters. The van der Waals surface area contributed by atoms with Gasteiger partial charge in [-0.25, -0.2) is 4.98 Å². The molecule has 2 aromatic carbocycles. The summed E-state index contributed by atoms with van der Waals surface area (Å²) in [6.07, 6.45) is 2.30. The van der Waals surface area contributed by atoms with Crippen molar-refractivity contribution in [2.24, 2.45) is 5.92 Å². The lowest BCUT2D eigenvalue weighted by molar-refractivity contribution is 0.0620. The van der Waals surface area contributed by atoms with Crippen molar-refractivity contribution < 1.29 is 4.79 Å². The monoisotopic (exact) mass is 428 g/mol. The highest BCUT2D eigenvalue weighted by Crippen LogP contribution is 2.29. The Morgan fingerprint density at radius 1 is 1.09 bits per heavy atom. The summed E-state index contributed by atoms with van der Waals surface area (Å²) in [5, 5.41) is 3.98. The highest BCUT2D eigenvalue weighted by atomic mass is 16.1. The summed E-state index contributed by atoms with van der Waals surface area (Å²) in [5.74, 6) is 0.873. The standard InChI is InChI=1S/C24H24N6O2/c25-21-15-3-1-2-4-16(15)28-24(32)20(21)22-26-17-6-5-14(11-18(17)27-22)23(31)29-19-12-30-9-7-13(19)8-10-30/h1-6,11,13,19H,7-10,12H2,(H,26,27)(H,29,31)(H3,25,28,32)/t19-/m0/s1. The number of nitrogen functional groups attached to an aromatic ring is 1. The molecule has 5 heterocycles. The lowest BCUT2D eigenvalue weighted by atomic mass is 9.84. The Balaban J connectivity index is 1.33. The lowest BCUT2D eigenvalue weighted by Crippen LogP contribution is -2.57. The fourth-order valence-electron chi connectivity index (χ4n) is 5.15. The Morgan fingerprint density at radius 2 is 1.91 bits per heavy atom. The van der Waals surface area contributed by atoms with Crippen molar-refractivity contribution in [1.82, 2.24) is 25.2 Å². The molecule has 3 fully saturated rings. The summed E-state index contributed by atoms with van der Waals surface area (Å²) in [6.45, 7) is 3.20. The third-order valence-electron chi connectivity index (χ3n) is 6.92. The quantitative estimate of drug-likeness (QED) is 0.400. The van der Waals surface area contributed by atoms with Crippen molar-refractivity contribution in [1.29, 1.82) is 0 Å². The normalized spacial score (nSPS) is 22.4. The van der Waals surface area contributed by atoms with Crippen LogP contribution in [0, 0.1) is 5.92 Å². The molecule has 162 valence electrons. The van der Waals surface area contributed by atoms with Crippen molar-refractivity contribution >= 4 is 33.5 Å². The zero-order valence-corrected chi connectivity index (χ0v) is 17.5. The smallest absolute Gasteiger partial charge is 0.261 e. The Morgan fingerprint density at radius 3 is 2.69 bits per heavy atom. The van der Waals surface area contributed by atoms with Gasteiger partial charge in [-0.15, -0.1) is 0 Å². The van der Waals surface area contributed by atoms with Gasteiger partial charge in [0.25, 0.3) is 11.5 Å². The van der Waals surface area contributed by atoms with Crippen molar-refractivity contribution in [3.8, 4) is 11.4 Å². The van der Waals surface area contributed by atoms with Crippen LogP contribution in [0.25, 0.3) is 33.3 Å². The van der Waals surface area contributed by atoms with Gasteiger partial charge < -0.3 is 25.9 Å². The molecule has 1 atom stereocenters. The molecule has 3 aliphatic heterocycles. The largest absolute Gasteiger partial charge is 0.397 e. The number of nitrogens with one attached hydrogen (secondary N) is 3. The van der Waals surface area contributed by atoms with E-state index in [1.807, 2.05) is 24.3 Å². The van der Waals surface area contributed by atoms with Gasteiger partial charge in [-0.3, -0.25) is 9.59 Å². The molecule has 7 rings (SSSR count). The number of aromatic amines is 2. The van der Waals surface area contributed by atoms with E-state index in [9.17, 15) is 9.59 Å². The third-order valence-corrected chi connectivity index (χ3v) is 6.92. The summed E-state index contributed by atoms with van der Waals surface area (Å²) in [7, 11) is 0. The van der Waals surface area contributed by atoms with E-state index in [2.05, 4.69) is 25.2 Å². The van der Waals surface area contributed by atoms with Gasteiger partial charge in [-0.1, -0.05) is 18.2 Å². The summed E-state index contributed by atoms with van der Waals surface area (Å²) in [4.78, 5) is 38.7. The van der Waals surface area contributed by atoms with Crippen LogP contribution in [0.4, 0.5) is 5.69 Å². The molecule has 4 aromatic rings. The minimum absolute atomic E-state index is 0.0788. The third kappa shape index (κ3) is 3.06. The maximum Gasteiger partial charge on any atom is 0.261 e. The van der Waals surface area contributed by atoms with Crippen molar-refractivity contribution in [3.63, 3.8) is 0 Å². The van der Waals surface area contributed by atoms with Gasteiger partial charge in [0.2, 0.25) is 0 Å². The Hall–Kier alpha value is -3.65. The fraction of sp³-hybridized carbons (Fsp3) is 0.292. The topological polar surface area (TPSA) is 120 Å². The van der Waals surface area contributed by atoms with Crippen LogP contribution < -0.4 is 16.6 Å². The molecule has 3 aliphatic rings. The zero-order valence-electron chi connectivity index (χ0n) is 17.5. The predicted octanol–water partition coefficient (Wildman–Crippen LogP) is 2.48. The van der Waals surface area contributed by atoms with E-state index in [1.165, 1.54) is 0 Å². The lowest BCUT2D eigenvalue weighted by Gasteiger charge is -2.44. The van der Waals surface area contributed by atoms with Crippen LogP contribution >= 0.6 is 0 Å². The molecule has 1 amide bonds. The second-order valence-electron chi connectivity index (χ2n) is 8.82. The Kier molecular flexibility index (Phi) is 4.29. The van der Waals surface area contributed by atoms with E-state index < -0.39 is 0 Å². The maximum atomic E-state index is 12.9. The first kappa shape index (κ1) is 19.1. The first-order valence-corrected chi connectivity index (χ1v) is 11.0. The Bertz CT molecular complexity index is 1410. The first-order chi connectivity index (χ1) is 15.6. The molecule has 0 radical (unpaired) electrons. The van der Waals surface area contributed by atoms with Crippen LogP contribution in [0.2, 0.25) is 0 Å². The molecule has 2 aromatic heterocycles. The highest BCUT2D eigenvalue weighted by Gasteiger charge is 2.35. The van der Waals surface area contributed by atoms with Gasteiger partial charge in [0.05, 0.1) is 22.2 Å². The number of anilines is 1. The molecule has 5 N–H and O–H groups in total. The maximum absolute atomic E-state index is 12.9. The van der Waals surface area contributed by atoms with Crippen LogP contribution in [0.15, 0.2) is 47.3 Å². The SMILES string of the molecule is Nc1c(-c2nc3ccc(C(=O)N[C@H]4CN5CCC4CC5)cc3[nH]2)c(=O)[nH]c2ccccc12. The van der Waals surface area contributed by atoms with E-state index in [0.717, 1.165) is 37.9 Å². The van der Waals surface area contributed by atoms with Crippen LogP contribution in [0.3, 0.4) is 0 Å². The molecule has 0 spiro atoms. The first-order valence-electron chi connectivity index (χ1n) is 11.0. The molecule has 32 heavy (non-hydrogen) atoms. The average molecular weight is 428 g/mol. The molecule has 2 bridgehead atoms. The highest BCUT2D eigenvalue weighted by molar-refractivity contribution is 6.00. The number of carbonyl (C=O) groups excluding carboxylic acids is 1. The fourth-order valence-corrected chi connectivity index (χ4v) is 5.15. The van der Waals surface area contributed by atoms with Crippen LogP contribution in [0.1, 0.15) is 23.2 Å². The number of imidazole rings is 1. The molecule has 3 saturated heterocycles. The number of aromatic nitrogens is 3. The number of nitrogens with two attached hydrogens (primary N) is 1. The molecule has 8 nitrogen and oxygen atoms in total. The summed E-state index contributed by atoms with van der Waals surface area (Å²) >= 11 is 0. The Labute approximate surface area is 183 Å².